The van der Waals surface area contributed by atoms with Crippen molar-refractivity contribution in [3.8, 4) is 0 Å². The van der Waals surface area contributed by atoms with Gasteiger partial charge in [-0.05, 0) is 36.2 Å². The van der Waals surface area contributed by atoms with E-state index in [-0.39, 0.29) is 11.7 Å². The minimum Gasteiger partial charge on any atom is -0.299 e. The van der Waals surface area contributed by atoms with E-state index in [9.17, 15) is 31.1 Å². The standard InChI is InChI=1S/C12H7ClF6N2O/c1-6-2-3-21-7(5-9(22)20-8(21)4-6)10(14,15)11(16,17)12(13,18)19/h2-5H,1H3. The van der Waals surface area contributed by atoms with Gasteiger partial charge in [0.15, 0.2) is 0 Å². The molecular weight excluding hydrogens is 338 g/mol. The third-order valence-electron chi connectivity index (χ3n) is 2.91. The Kier molecular flexibility index (Phi) is 3.67. The maximum atomic E-state index is 13.9. The summed E-state index contributed by atoms with van der Waals surface area (Å²) in [7, 11) is 0. The van der Waals surface area contributed by atoms with Crippen LogP contribution in [0.4, 0.5) is 26.3 Å². The molecule has 0 bridgehead atoms. The molecule has 0 aliphatic heterocycles. The van der Waals surface area contributed by atoms with E-state index in [1.54, 1.807) is 6.92 Å². The van der Waals surface area contributed by atoms with Gasteiger partial charge < -0.3 is 0 Å². The van der Waals surface area contributed by atoms with Crippen molar-refractivity contribution >= 4 is 17.2 Å². The molecule has 0 aromatic carbocycles. The maximum Gasteiger partial charge on any atom is 0.392 e. The van der Waals surface area contributed by atoms with Gasteiger partial charge in [0, 0.05) is 12.3 Å². The highest BCUT2D eigenvalue weighted by molar-refractivity contribution is 6.22. The molecule has 22 heavy (non-hydrogen) atoms. The Hall–Kier alpha value is -1.77. The first-order valence-corrected chi connectivity index (χ1v) is 6.08. The average Bonchev–Trinajstić information content (AvgIpc) is 2.35. The summed E-state index contributed by atoms with van der Waals surface area (Å²) in [5.74, 6) is -11.3. The lowest BCUT2D eigenvalue weighted by molar-refractivity contribution is -0.287. The fourth-order valence-electron chi connectivity index (χ4n) is 1.79. The van der Waals surface area contributed by atoms with Gasteiger partial charge in [0.2, 0.25) is 0 Å². The average molecular weight is 345 g/mol. The quantitative estimate of drug-likeness (QED) is 0.630. The lowest BCUT2D eigenvalue weighted by Gasteiger charge is -2.29. The second-order valence-electron chi connectivity index (χ2n) is 4.56. The summed E-state index contributed by atoms with van der Waals surface area (Å²) < 4.78 is 80.4. The van der Waals surface area contributed by atoms with Gasteiger partial charge in [0.25, 0.3) is 5.56 Å². The third-order valence-corrected chi connectivity index (χ3v) is 3.14. The fourth-order valence-corrected chi connectivity index (χ4v) is 1.91. The molecule has 0 spiro atoms. The molecule has 0 fully saturated rings. The van der Waals surface area contributed by atoms with Crippen LogP contribution in [0.2, 0.25) is 0 Å². The van der Waals surface area contributed by atoms with Crippen molar-refractivity contribution in [3.05, 3.63) is 46.0 Å². The lowest BCUT2D eigenvalue weighted by Crippen LogP contribution is -2.50. The molecule has 0 unspecified atom stereocenters. The highest BCUT2D eigenvalue weighted by Gasteiger charge is 2.72. The Bertz CT molecular complexity index is 783. The molecule has 0 aliphatic rings. The van der Waals surface area contributed by atoms with E-state index >= 15 is 0 Å². The third kappa shape index (κ3) is 2.43. The second kappa shape index (κ2) is 4.87. The zero-order chi connectivity index (χ0) is 16.9. The number of fused-ring (bicyclic) bond motifs is 1. The summed E-state index contributed by atoms with van der Waals surface area (Å²) in [6, 6.07) is 2.49. The molecule has 0 saturated carbocycles. The van der Waals surface area contributed by atoms with E-state index in [1.165, 1.54) is 6.07 Å². The van der Waals surface area contributed by atoms with E-state index in [0.29, 0.717) is 9.96 Å². The number of pyridine rings is 1. The Morgan fingerprint density at radius 1 is 1.14 bits per heavy atom. The Morgan fingerprint density at radius 2 is 1.73 bits per heavy atom. The zero-order valence-electron chi connectivity index (χ0n) is 10.8. The Labute approximate surface area is 124 Å². The molecule has 0 saturated heterocycles. The molecule has 2 aromatic rings. The van der Waals surface area contributed by atoms with Gasteiger partial charge in [0.1, 0.15) is 11.3 Å². The topological polar surface area (TPSA) is 34.4 Å². The molecule has 2 aromatic heterocycles. The molecule has 3 nitrogen and oxygen atoms in total. The van der Waals surface area contributed by atoms with Gasteiger partial charge >= 0.3 is 17.2 Å². The van der Waals surface area contributed by atoms with Gasteiger partial charge in [-0.1, -0.05) is 0 Å². The van der Waals surface area contributed by atoms with Crippen molar-refractivity contribution in [2.24, 2.45) is 0 Å². The van der Waals surface area contributed by atoms with Crippen molar-refractivity contribution < 1.29 is 26.3 Å². The van der Waals surface area contributed by atoms with E-state index in [2.05, 4.69) is 16.6 Å². The highest BCUT2D eigenvalue weighted by Crippen LogP contribution is 2.52. The van der Waals surface area contributed by atoms with Crippen LogP contribution < -0.4 is 5.56 Å². The lowest BCUT2D eigenvalue weighted by atomic mass is 10.1. The molecule has 0 radical (unpaired) electrons. The van der Waals surface area contributed by atoms with Crippen LogP contribution in [0.5, 0.6) is 0 Å². The summed E-state index contributed by atoms with van der Waals surface area (Å²) in [4.78, 5) is 14.7. The van der Waals surface area contributed by atoms with Crippen LogP contribution in [0.3, 0.4) is 0 Å². The number of halogens is 7. The second-order valence-corrected chi connectivity index (χ2v) is 5.03. The van der Waals surface area contributed by atoms with E-state index < -0.39 is 28.5 Å². The van der Waals surface area contributed by atoms with Crippen LogP contribution in [-0.2, 0) is 5.92 Å². The van der Waals surface area contributed by atoms with Crippen LogP contribution in [0, 0.1) is 6.92 Å². The van der Waals surface area contributed by atoms with Gasteiger partial charge in [-0.2, -0.15) is 31.3 Å². The number of aryl methyl sites for hydroxylation is 1. The molecule has 0 atom stereocenters. The van der Waals surface area contributed by atoms with Crippen molar-refractivity contribution in [1.29, 1.82) is 0 Å². The van der Waals surface area contributed by atoms with Crippen molar-refractivity contribution in [1.82, 2.24) is 9.38 Å². The first-order valence-electron chi connectivity index (χ1n) is 5.71. The normalized spacial score (nSPS) is 13.6. The van der Waals surface area contributed by atoms with Gasteiger partial charge in [-0.15, -0.1) is 0 Å². The SMILES string of the molecule is Cc1ccn2c(C(F)(F)C(F)(F)C(F)(F)Cl)cc(=O)nc2c1. The van der Waals surface area contributed by atoms with Crippen LogP contribution in [0.15, 0.2) is 29.2 Å². The van der Waals surface area contributed by atoms with Crippen LogP contribution in [-0.4, -0.2) is 20.7 Å². The van der Waals surface area contributed by atoms with Crippen LogP contribution >= 0.6 is 11.6 Å². The zero-order valence-corrected chi connectivity index (χ0v) is 11.5. The smallest absolute Gasteiger partial charge is 0.299 e. The maximum absolute atomic E-state index is 13.9. The summed E-state index contributed by atoms with van der Waals surface area (Å²) >= 11 is 4.11. The van der Waals surface area contributed by atoms with Gasteiger partial charge in [-0.25, -0.2) is 0 Å². The molecule has 2 rings (SSSR count). The molecule has 120 valence electrons. The minimum atomic E-state index is -5.92. The van der Waals surface area contributed by atoms with Crippen molar-refractivity contribution in [2.75, 3.05) is 0 Å². The van der Waals surface area contributed by atoms with E-state index in [4.69, 9.17) is 0 Å². The van der Waals surface area contributed by atoms with E-state index in [0.717, 1.165) is 12.3 Å². The number of nitrogens with zero attached hydrogens (tertiary/aromatic N) is 2. The molecular formula is C12H7ClF6N2O. The first-order chi connectivity index (χ1) is 9.88. The number of alkyl halides is 7. The Morgan fingerprint density at radius 3 is 2.27 bits per heavy atom. The fraction of sp³-hybridized carbons (Fsp3) is 0.333. The van der Waals surface area contributed by atoms with Crippen molar-refractivity contribution in [3.63, 3.8) is 0 Å². The summed E-state index contributed by atoms with van der Waals surface area (Å²) in [5.41, 5.74) is -2.78. The van der Waals surface area contributed by atoms with Gasteiger partial charge in [-0.3, -0.25) is 9.20 Å². The first kappa shape index (κ1) is 16.6. The summed E-state index contributed by atoms with van der Waals surface area (Å²) in [6.07, 6.45) is 0.919. The minimum absolute atomic E-state index is 0.0683. The largest absolute Gasteiger partial charge is 0.392 e. The van der Waals surface area contributed by atoms with Crippen LogP contribution in [0.25, 0.3) is 5.65 Å². The summed E-state index contributed by atoms with van der Waals surface area (Å²) in [6.45, 7) is 1.54. The summed E-state index contributed by atoms with van der Waals surface area (Å²) in [5, 5.41) is -5.51. The molecule has 0 aliphatic carbocycles. The van der Waals surface area contributed by atoms with E-state index in [1.807, 2.05) is 0 Å². The predicted octanol–water partition coefficient (Wildman–Crippen LogP) is 3.56. The molecule has 0 N–H and O–H groups in total. The van der Waals surface area contributed by atoms with Crippen LogP contribution in [0.1, 0.15) is 11.3 Å². The Balaban J connectivity index is 2.81. The number of hydrogen-bond donors (Lipinski definition) is 0. The highest BCUT2D eigenvalue weighted by atomic mass is 35.5. The number of hydrogen-bond acceptors (Lipinski definition) is 2. The van der Waals surface area contributed by atoms with Crippen molar-refractivity contribution in [2.45, 2.75) is 24.2 Å². The van der Waals surface area contributed by atoms with Gasteiger partial charge in [0.05, 0.1) is 0 Å². The molecule has 2 heterocycles. The molecule has 10 heteroatoms. The number of aromatic nitrogens is 2. The monoisotopic (exact) mass is 344 g/mol. The predicted molar refractivity (Wildman–Crippen MR) is 65.8 cm³/mol. The number of rotatable bonds is 3. The molecule has 0 amide bonds.